The van der Waals surface area contributed by atoms with Crippen LogP contribution in [0, 0.1) is 53.2 Å². The summed E-state index contributed by atoms with van der Waals surface area (Å²) >= 11 is 0. The normalized spacial score (nSPS) is 41.1. The van der Waals surface area contributed by atoms with Crippen molar-refractivity contribution in [2.75, 3.05) is 81.7 Å². The van der Waals surface area contributed by atoms with Crippen molar-refractivity contribution in [2.24, 2.45) is 70.4 Å². The Morgan fingerprint density at radius 1 is 0.600 bits per heavy atom. The lowest BCUT2D eigenvalue weighted by Crippen LogP contribution is -2.51. The van der Waals surface area contributed by atoms with Crippen molar-refractivity contribution in [2.45, 2.75) is 195 Å². The van der Waals surface area contributed by atoms with Crippen molar-refractivity contribution in [3.8, 4) is 34.5 Å². The van der Waals surface area contributed by atoms with Gasteiger partial charge in [-0.2, -0.15) is 0 Å². The van der Waals surface area contributed by atoms with Crippen LogP contribution in [0.4, 0.5) is 0 Å². The summed E-state index contributed by atoms with van der Waals surface area (Å²) in [5, 5.41) is 0. The van der Waals surface area contributed by atoms with Crippen molar-refractivity contribution in [1.29, 1.82) is 0 Å². The van der Waals surface area contributed by atoms with Gasteiger partial charge in [0.2, 0.25) is 0 Å². The Hall–Kier alpha value is -5.37. The van der Waals surface area contributed by atoms with E-state index in [-0.39, 0.29) is 34.7 Å². The number of methoxy groups -OCH3 is 6. The molecular weight excluding hydrogens is 1140 g/mol. The quantitative estimate of drug-likeness (QED) is 0.0666. The predicted octanol–water partition coefficient (Wildman–Crippen LogP) is 10.7. The Morgan fingerprint density at radius 2 is 1.03 bits per heavy atom. The van der Waals surface area contributed by atoms with Gasteiger partial charge >= 0.3 is 17.9 Å². The SMILES string of the molecule is [2H]C([2H])([2H])C([2H])(C)C([2H])([2H])C1CN2CCc3cc(OC)c(OC)cc3C2CC1OC(=O)[C@@H](N)C(C)C.[2H]c1c(OC([2H])([2H])[2H])c(OC)c([2H])c2c1C([2H])([2H])C([2H])([2H])N1C([2H])([2H])C([2H])(CC(C)C)C([2H])(OC(=O)[C@@H](N)C(C)C)C([2H])([2H])C21[2H].[2H]c1c(OC)c(OC)c([2H])c2c1C([2H])([2H])C([2H])([2H])N1C([2H])([2H])C([2H])(CC(C)C)C([2H])(OC(=O)[C@@H](N)C(C)C)C([2H])([2H])C21[2H]. The number of carbonyl (C=O) groups excluding carboxylic acids is 3. The molecule has 0 spiro atoms. The minimum absolute atomic E-state index is 0.128. The van der Waals surface area contributed by atoms with Gasteiger partial charge in [0.1, 0.15) is 36.4 Å². The van der Waals surface area contributed by atoms with E-state index in [0.717, 1.165) is 39.4 Å². The Morgan fingerprint density at radius 3 is 1.46 bits per heavy atom. The molecule has 0 aromatic heterocycles. The Kier molecular flexibility index (Phi) is 13.5. The number of piperidine rings is 3. The minimum atomic E-state index is -3.92. The van der Waals surface area contributed by atoms with E-state index in [1.807, 2.05) is 12.1 Å². The predicted molar refractivity (Wildman–Crippen MR) is 353 cm³/mol. The summed E-state index contributed by atoms with van der Waals surface area (Å²) in [5.41, 5.74) is 15.4. The van der Waals surface area contributed by atoms with Gasteiger partial charge in [-0.05, 0) is 144 Å². The lowest BCUT2D eigenvalue weighted by Gasteiger charge is -2.47. The number of carbonyl (C=O) groups is 3. The van der Waals surface area contributed by atoms with E-state index in [2.05, 4.69) is 4.90 Å². The molecule has 13 atom stereocenters. The number of hydrogen-bond acceptors (Lipinski definition) is 18. The van der Waals surface area contributed by atoms with E-state index in [4.69, 9.17) is 88.6 Å². The van der Waals surface area contributed by atoms with E-state index in [0.29, 0.717) is 24.5 Å². The molecule has 0 saturated carbocycles. The second-order valence-corrected chi connectivity index (χ2v) is 24.1. The van der Waals surface area contributed by atoms with Crippen LogP contribution in [0.15, 0.2) is 36.3 Å². The smallest absolute Gasteiger partial charge is 0.323 e. The first-order valence-corrected chi connectivity index (χ1v) is 29.9. The number of fused-ring (bicyclic) bond motifs is 9. The van der Waals surface area contributed by atoms with Crippen LogP contribution in [0.25, 0.3) is 0 Å². The third-order valence-corrected chi connectivity index (χ3v) is 15.3. The Balaban J connectivity index is 0.000000259. The highest BCUT2D eigenvalue weighted by molar-refractivity contribution is 5.77. The number of ether oxygens (including phenoxy) is 9. The van der Waals surface area contributed by atoms with Gasteiger partial charge in [-0.15, -0.1) is 0 Å². The lowest BCUT2D eigenvalue weighted by molar-refractivity contribution is -0.161. The average molecular weight is 1290 g/mol. The number of nitrogens with two attached hydrogens (primary N) is 3. The molecule has 6 heterocycles. The largest absolute Gasteiger partial charge is 0.493 e. The first kappa shape index (κ1) is 37.5. The fraction of sp³-hybridized carbons (Fsp3) is 0.708. The van der Waals surface area contributed by atoms with Crippen LogP contribution in [-0.4, -0.2) is 151 Å². The molecule has 504 valence electrons. The number of nitrogens with zero attached hydrogens (tertiary/aromatic N) is 3. The zero-order valence-electron chi connectivity index (χ0n) is 89.2. The number of hydrogen-bond donors (Lipinski definition) is 3. The van der Waals surface area contributed by atoms with Gasteiger partial charge in [0.25, 0.3) is 0 Å². The van der Waals surface area contributed by atoms with Gasteiger partial charge in [0.05, 0.1) is 57.7 Å². The van der Waals surface area contributed by atoms with E-state index in [9.17, 15) is 33.6 Å². The molecule has 6 aliphatic rings. The summed E-state index contributed by atoms with van der Waals surface area (Å²) in [6.07, 6.45) is -26.2. The van der Waals surface area contributed by atoms with Crippen LogP contribution < -0.4 is 45.6 Å². The van der Waals surface area contributed by atoms with Crippen LogP contribution in [0.3, 0.4) is 0 Å². The van der Waals surface area contributed by atoms with Gasteiger partial charge in [-0.1, -0.05) is 83.0 Å². The van der Waals surface area contributed by atoms with Gasteiger partial charge in [0.15, 0.2) is 34.5 Å². The topological polar surface area (TPSA) is 222 Å². The van der Waals surface area contributed by atoms with Crippen molar-refractivity contribution in [3.63, 3.8) is 0 Å². The summed E-state index contributed by atoms with van der Waals surface area (Å²) < 4.78 is 357. The maximum Gasteiger partial charge on any atom is 0.323 e. The minimum Gasteiger partial charge on any atom is -0.493 e. The number of rotatable bonds is 21. The molecule has 10 unspecified atom stereocenters. The summed E-state index contributed by atoms with van der Waals surface area (Å²) in [4.78, 5) is 41.1. The molecule has 90 heavy (non-hydrogen) atoms. The highest BCUT2D eigenvalue weighted by atomic mass is 16.6. The standard InChI is InChI=1S/3C24H38N2O4/c3*1-14(2)9-17-13-26-8-7-16-10-21(28-5)22(29-6)11-18(16)19(26)12-20(17)30-24(27)23(25)15(3)4/h3*10-11,14-15,17,19-20,23H,7-9,12-13,25H2,1-6H3/t3*17?,19?,20?,23-/m000/s1/i5D3,7D2,8D2,10D,11D,12D2,13D2,17D,19D,20D;7D2,8D2,10D,11D,12D2,13D2,17D,19D,20D;1D3,9D2,14D/t2m;14?,17?,19?,20?,23-. The van der Waals surface area contributed by atoms with Crippen molar-refractivity contribution in [1.82, 2.24) is 14.7 Å². The first-order valence-electron chi connectivity index (χ1n) is 47.4. The monoisotopic (exact) mass is 1290 g/mol. The molecular formula is C72H114N6O12. The second-order valence-electron chi connectivity index (χ2n) is 24.1. The first-order chi connectivity index (χ1) is 56.2. The van der Waals surface area contributed by atoms with Crippen molar-refractivity contribution in [3.05, 3.63) is 69.7 Å². The summed E-state index contributed by atoms with van der Waals surface area (Å²) in [5.74, 6) is -18.2. The molecule has 6 aliphatic heterocycles. The van der Waals surface area contributed by atoms with E-state index in [1.165, 1.54) is 55.4 Å². The van der Waals surface area contributed by atoms with Gasteiger partial charge < -0.3 is 59.8 Å². The molecule has 0 radical (unpaired) electrons. The lowest BCUT2D eigenvalue weighted by atomic mass is 9.79. The van der Waals surface area contributed by atoms with Crippen LogP contribution in [0.5, 0.6) is 34.5 Å². The second kappa shape index (κ2) is 32.5. The third kappa shape index (κ3) is 17.5. The summed E-state index contributed by atoms with van der Waals surface area (Å²) in [7, 11) is 2.84. The molecule has 0 aliphatic carbocycles. The number of benzene rings is 3. The molecule has 9 rings (SSSR count). The van der Waals surface area contributed by atoms with Crippen LogP contribution in [-0.2, 0) is 47.8 Å². The molecule has 3 fully saturated rings. The van der Waals surface area contributed by atoms with Crippen molar-refractivity contribution >= 4 is 17.9 Å². The van der Waals surface area contributed by atoms with Crippen LogP contribution in [0.2, 0.25) is 0 Å². The average Bonchev–Trinajstić information content (AvgIpc) is 0.639. The number of esters is 3. The zero-order chi connectivity index (χ0) is 97.1. The van der Waals surface area contributed by atoms with E-state index >= 15 is 0 Å². The zero-order valence-corrected chi connectivity index (χ0v) is 54.2. The van der Waals surface area contributed by atoms with Gasteiger partial charge in [-0.25, -0.2) is 0 Å². The highest BCUT2D eigenvalue weighted by Crippen LogP contribution is 2.48. The molecule has 18 heteroatoms. The summed E-state index contributed by atoms with van der Waals surface area (Å²) in [6, 6.07) is -11.9. The van der Waals surface area contributed by atoms with E-state index in [1.54, 1.807) is 28.1 Å². The molecule has 0 bridgehead atoms. The maximum atomic E-state index is 13.3. The Labute approximate surface area is 588 Å². The molecule has 3 aromatic carbocycles. The highest BCUT2D eigenvalue weighted by Gasteiger charge is 2.45. The van der Waals surface area contributed by atoms with E-state index < -0.39 is 268 Å². The fourth-order valence-electron chi connectivity index (χ4n) is 10.2. The molecule has 3 aromatic rings. The van der Waals surface area contributed by atoms with Gasteiger partial charge in [0, 0.05) is 127 Å². The van der Waals surface area contributed by atoms with Gasteiger partial charge in [-0.3, -0.25) is 29.1 Å². The van der Waals surface area contributed by atoms with Crippen LogP contribution >= 0.6 is 0 Å². The fourth-order valence-corrected chi connectivity index (χ4v) is 10.2. The summed E-state index contributed by atoms with van der Waals surface area (Å²) in [6.45, 7) is -0.376. The van der Waals surface area contributed by atoms with Crippen LogP contribution in [0.1, 0.15) is 221 Å². The Bertz CT molecular complexity index is 4560. The molecule has 18 nitrogen and oxygen atoms in total. The van der Waals surface area contributed by atoms with Crippen molar-refractivity contribution < 1.29 is 105 Å². The maximum absolute atomic E-state index is 13.3. The molecule has 0 amide bonds. The molecule has 6 N–H and O–H groups in total. The third-order valence-electron chi connectivity index (χ3n) is 15.3. The molecule has 3 saturated heterocycles.